The minimum atomic E-state index is -1.26. The van der Waals surface area contributed by atoms with Gasteiger partial charge in [-0.25, -0.2) is 4.79 Å². The molecule has 2 heterocycles. The lowest BCUT2D eigenvalue weighted by molar-refractivity contribution is -0.152. The van der Waals surface area contributed by atoms with Crippen molar-refractivity contribution < 1.29 is 29.3 Å². The van der Waals surface area contributed by atoms with Crippen LogP contribution in [0.25, 0.3) is 0 Å². The molecule has 0 unspecified atom stereocenters. The Balaban J connectivity index is 1.83. The minimum absolute atomic E-state index is 0.105. The Hall–Kier alpha value is -2.52. The number of nitrogens with two attached hydrogens (primary N) is 1. The van der Waals surface area contributed by atoms with E-state index < -0.39 is 17.8 Å². The van der Waals surface area contributed by atoms with Gasteiger partial charge in [0.25, 0.3) is 0 Å². The number of carboxylic acid groups (broad SMARTS) is 1. The van der Waals surface area contributed by atoms with Gasteiger partial charge in [0.05, 0.1) is 5.92 Å². The molecule has 0 bridgehead atoms. The van der Waals surface area contributed by atoms with Crippen LogP contribution in [0.15, 0.2) is 35.1 Å². The number of fused-ring (bicyclic) bond motifs is 1. The van der Waals surface area contributed by atoms with E-state index in [2.05, 4.69) is 0 Å². The molecule has 0 saturated carbocycles. The Kier molecular flexibility index (Phi) is 4.20. The van der Waals surface area contributed by atoms with Gasteiger partial charge in [-0.2, -0.15) is 0 Å². The minimum Gasteiger partial charge on any atom is -0.476 e. The number of hydrogen-bond acceptors (Lipinski definition) is 6. The molecule has 1 fully saturated rings. The standard InChI is InChI=1S/C15H14N2O6S/c16-11(19)7-1-3-8(4-2-7)23-15-10(14(21)22)17-12(20)9(5-6-18)13(17)24-15/h1-4,9,13,18H,5-6H2,(H2,16,19)(H,21,22)/t9-,13+/m0/s1. The zero-order chi connectivity index (χ0) is 17.4. The van der Waals surface area contributed by atoms with E-state index in [1.54, 1.807) is 0 Å². The number of β-lactam (4-membered cyclic amide) rings is 1. The van der Waals surface area contributed by atoms with Crippen LogP contribution in [0.1, 0.15) is 16.8 Å². The zero-order valence-electron chi connectivity index (χ0n) is 12.3. The van der Waals surface area contributed by atoms with Crippen LogP contribution in [0.4, 0.5) is 0 Å². The van der Waals surface area contributed by atoms with E-state index >= 15 is 0 Å². The number of carbonyl (C=O) groups is 3. The Bertz CT molecular complexity index is 745. The van der Waals surface area contributed by atoms with E-state index in [4.69, 9.17) is 15.6 Å². The van der Waals surface area contributed by atoms with E-state index in [1.165, 1.54) is 29.2 Å². The summed E-state index contributed by atoms with van der Waals surface area (Å²) in [5.74, 6) is -2.27. The maximum atomic E-state index is 12.1. The van der Waals surface area contributed by atoms with Crippen molar-refractivity contribution in [3.8, 4) is 5.75 Å². The fourth-order valence-electron chi connectivity index (χ4n) is 2.62. The zero-order valence-corrected chi connectivity index (χ0v) is 13.2. The summed E-state index contributed by atoms with van der Waals surface area (Å²) < 4.78 is 5.59. The summed E-state index contributed by atoms with van der Waals surface area (Å²) in [6.45, 7) is -0.144. The van der Waals surface area contributed by atoms with Gasteiger partial charge in [0.1, 0.15) is 11.1 Å². The van der Waals surface area contributed by atoms with E-state index in [0.29, 0.717) is 11.3 Å². The average molecular weight is 350 g/mol. The lowest BCUT2D eigenvalue weighted by Gasteiger charge is -2.41. The van der Waals surface area contributed by atoms with Crippen LogP contribution in [0.3, 0.4) is 0 Å². The van der Waals surface area contributed by atoms with Crippen LogP contribution in [0, 0.1) is 5.92 Å². The molecule has 24 heavy (non-hydrogen) atoms. The number of benzene rings is 1. The maximum Gasteiger partial charge on any atom is 0.357 e. The molecule has 1 aromatic carbocycles. The number of aliphatic carboxylic acids is 1. The second kappa shape index (κ2) is 6.17. The molecule has 3 rings (SSSR count). The third-order valence-corrected chi connectivity index (χ3v) is 5.08. The van der Waals surface area contributed by atoms with Crippen LogP contribution in [0.2, 0.25) is 0 Å². The van der Waals surface area contributed by atoms with E-state index in [-0.39, 0.29) is 35.1 Å². The molecule has 2 amide bonds. The molecular weight excluding hydrogens is 336 g/mol. The van der Waals surface area contributed by atoms with Gasteiger partial charge in [0.2, 0.25) is 11.8 Å². The molecule has 4 N–H and O–H groups in total. The van der Waals surface area contributed by atoms with E-state index in [0.717, 1.165) is 11.8 Å². The third kappa shape index (κ3) is 2.61. The number of aliphatic hydroxyl groups is 1. The Morgan fingerprint density at radius 3 is 2.50 bits per heavy atom. The SMILES string of the molecule is NC(=O)c1ccc(OC2=C(C(=O)O)N3C(=O)[C@H](CCO)[C@H]3S2)cc1. The van der Waals surface area contributed by atoms with Crippen molar-refractivity contribution in [3.63, 3.8) is 0 Å². The van der Waals surface area contributed by atoms with Crippen molar-refractivity contribution in [1.29, 1.82) is 0 Å². The van der Waals surface area contributed by atoms with Crippen LogP contribution >= 0.6 is 11.8 Å². The predicted octanol–water partition coefficient (Wildman–Crippen LogP) is 0.332. The first-order valence-corrected chi connectivity index (χ1v) is 7.98. The second-order valence-electron chi connectivity index (χ2n) is 5.27. The predicted molar refractivity (Wildman–Crippen MR) is 83.7 cm³/mol. The molecule has 1 saturated heterocycles. The highest BCUT2D eigenvalue weighted by Gasteiger charge is 2.56. The largest absolute Gasteiger partial charge is 0.476 e. The number of rotatable bonds is 6. The van der Waals surface area contributed by atoms with Crippen molar-refractivity contribution in [1.82, 2.24) is 4.90 Å². The van der Waals surface area contributed by atoms with Gasteiger partial charge in [-0.05, 0) is 30.7 Å². The van der Waals surface area contributed by atoms with E-state index in [1.807, 2.05) is 0 Å². The van der Waals surface area contributed by atoms with Crippen molar-refractivity contribution in [2.75, 3.05) is 6.61 Å². The number of carbonyl (C=O) groups excluding carboxylic acids is 2. The fourth-order valence-corrected chi connectivity index (χ4v) is 4.01. The third-order valence-electron chi connectivity index (χ3n) is 3.81. The lowest BCUT2D eigenvalue weighted by Crippen LogP contribution is -2.57. The van der Waals surface area contributed by atoms with Crippen molar-refractivity contribution in [3.05, 3.63) is 40.6 Å². The first-order valence-electron chi connectivity index (χ1n) is 7.10. The van der Waals surface area contributed by atoms with Crippen molar-refractivity contribution in [2.45, 2.75) is 11.8 Å². The summed E-state index contributed by atoms with van der Waals surface area (Å²) in [6.07, 6.45) is 0.278. The second-order valence-corrected chi connectivity index (χ2v) is 6.36. The van der Waals surface area contributed by atoms with Gasteiger partial charge in [-0.15, -0.1) is 0 Å². The number of carboxylic acids is 1. The highest BCUT2D eigenvalue weighted by Crippen LogP contribution is 2.50. The molecule has 0 aliphatic carbocycles. The average Bonchev–Trinajstić information content (AvgIpc) is 2.88. The summed E-state index contributed by atoms with van der Waals surface area (Å²) in [5.41, 5.74) is 5.25. The summed E-state index contributed by atoms with van der Waals surface area (Å²) in [5, 5.41) is 18.1. The van der Waals surface area contributed by atoms with Crippen LogP contribution < -0.4 is 10.5 Å². The normalized spacial score (nSPS) is 22.2. The van der Waals surface area contributed by atoms with Crippen molar-refractivity contribution >= 4 is 29.5 Å². The van der Waals surface area contributed by atoms with Crippen LogP contribution in [0.5, 0.6) is 5.75 Å². The summed E-state index contributed by atoms with van der Waals surface area (Å²) >= 11 is 1.13. The van der Waals surface area contributed by atoms with Gasteiger partial charge < -0.3 is 20.7 Å². The van der Waals surface area contributed by atoms with Gasteiger partial charge >= 0.3 is 5.97 Å². The Labute approximate surface area is 140 Å². The summed E-state index contributed by atoms with van der Waals surface area (Å²) in [4.78, 5) is 35.8. The topological polar surface area (TPSA) is 130 Å². The first-order chi connectivity index (χ1) is 11.4. The number of aliphatic hydroxyl groups excluding tert-OH is 1. The van der Waals surface area contributed by atoms with Gasteiger partial charge in [0.15, 0.2) is 10.8 Å². The van der Waals surface area contributed by atoms with Gasteiger partial charge in [0, 0.05) is 12.2 Å². The highest BCUT2D eigenvalue weighted by atomic mass is 32.2. The lowest BCUT2D eigenvalue weighted by atomic mass is 9.94. The number of amides is 2. The Morgan fingerprint density at radius 1 is 1.29 bits per heavy atom. The molecular formula is C15H14N2O6S. The molecule has 8 nitrogen and oxygen atoms in total. The quantitative estimate of drug-likeness (QED) is 0.630. The van der Waals surface area contributed by atoms with Crippen LogP contribution in [-0.4, -0.2) is 44.9 Å². The van der Waals surface area contributed by atoms with E-state index in [9.17, 15) is 19.5 Å². The number of primary amides is 1. The molecule has 2 aliphatic rings. The number of nitrogens with zero attached hydrogens (tertiary/aromatic N) is 1. The highest BCUT2D eigenvalue weighted by molar-refractivity contribution is 8.03. The molecule has 0 spiro atoms. The summed E-state index contributed by atoms with van der Waals surface area (Å²) in [7, 11) is 0. The number of thioether (sulfide) groups is 1. The maximum absolute atomic E-state index is 12.1. The molecule has 126 valence electrons. The first kappa shape index (κ1) is 16.3. The molecule has 0 aromatic heterocycles. The van der Waals surface area contributed by atoms with Crippen molar-refractivity contribution in [2.24, 2.45) is 11.7 Å². The molecule has 2 aliphatic heterocycles. The smallest absolute Gasteiger partial charge is 0.357 e. The molecule has 0 radical (unpaired) electrons. The molecule has 9 heteroatoms. The number of hydrogen-bond donors (Lipinski definition) is 3. The van der Waals surface area contributed by atoms with Crippen LogP contribution in [-0.2, 0) is 9.59 Å². The van der Waals surface area contributed by atoms with Gasteiger partial charge in [-0.3, -0.25) is 14.5 Å². The van der Waals surface area contributed by atoms with Gasteiger partial charge in [-0.1, -0.05) is 11.8 Å². The monoisotopic (exact) mass is 350 g/mol. The molecule has 1 aromatic rings. The fraction of sp³-hybridized carbons (Fsp3) is 0.267. The summed E-state index contributed by atoms with van der Waals surface area (Å²) in [6, 6.07) is 5.92. The Morgan fingerprint density at radius 2 is 1.96 bits per heavy atom. The number of ether oxygens (including phenoxy) is 1. The molecule has 2 atom stereocenters.